The number of hydrogen-bond donors (Lipinski definition) is 4. The smallest absolute Gasteiger partial charge is 0.434 e. The van der Waals surface area contributed by atoms with Crippen molar-refractivity contribution in [2.24, 2.45) is 0 Å². The minimum atomic E-state index is -4.73. The van der Waals surface area contributed by atoms with E-state index < -0.39 is 65.1 Å². The molecular formula is C27H23F5N4O6. The highest BCUT2D eigenvalue weighted by molar-refractivity contribution is 5.97. The number of aliphatic hydroxyl groups is 2. The molecule has 2 aromatic carbocycles. The van der Waals surface area contributed by atoms with Crippen LogP contribution in [0.1, 0.15) is 37.5 Å². The van der Waals surface area contributed by atoms with Crippen molar-refractivity contribution in [3.8, 4) is 11.1 Å². The van der Waals surface area contributed by atoms with E-state index in [4.69, 9.17) is 4.74 Å². The predicted molar refractivity (Wildman–Crippen MR) is 135 cm³/mol. The van der Waals surface area contributed by atoms with Crippen molar-refractivity contribution >= 4 is 17.7 Å². The van der Waals surface area contributed by atoms with Crippen LogP contribution in [0.3, 0.4) is 0 Å². The van der Waals surface area contributed by atoms with E-state index in [0.29, 0.717) is 6.20 Å². The number of halogens is 5. The summed E-state index contributed by atoms with van der Waals surface area (Å²) in [6, 6.07) is 6.50. The van der Waals surface area contributed by atoms with Crippen LogP contribution >= 0.6 is 0 Å². The number of methoxy groups -OCH3 is 1. The van der Waals surface area contributed by atoms with E-state index in [0.717, 1.165) is 25.4 Å². The highest BCUT2D eigenvalue weighted by Gasteiger charge is 2.45. The first-order valence-electron chi connectivity index (χ1n) is 12.5. The van der Waals surface area contributed by atoms with E-state index >= 15 is 8.78 Å². The Morgan fingerprint density at radius 3 is 2.33 bits per heavy atom. The van der Waals surface area contributed by atoms with Gasteiger partial charge in [0.1, 0.15) is 24.1 Å². The van der Waals surface area contributed by atoms with Crippen LogP contribution in [0.15, 0.2) is 48.8 Å². The molecule has 2 aliphatic rings. The number of hydrogen-bond acceptors (Lipinski definition) is 9. The lowest BCUT2D eigenvalue weighted by Gasteiger charge is -2.38. The van der Waals surface area contributed by atoms with Gasteiger partial charge in [0.15, 0.2) is 5.69 Å². The Kier molecular flexibility index (Phi) is 7.59. The third-order valence-corrected chi connectivity index (χ3v) is 7.04. The molecule has 1 aliphatic heterocycles. The summed E-state index contributed by atoms with van der Waals surface area (Å²) in [5.41, 5.74) is -1.83. The number of aliphatic hydroxyl groups excluding tert-OH is 2. The second-order valence-corrected chi connectivity index (χ2v) is 9.69. The second-order valence-electron chi connectivity index (χ2n) is 9.69. The maximum absolute atomic E-state index is 15.3. The van der Waals surface area contributed by atoms with Crippen LogP contribution in [0, 0.1) is 0 Å². The number of nitrogens with zero attached hydrogens (tertiary/aromatic N) is 2. The molecule has 2 heterocycles. The molecule has 1 saturated heterocycles. The lowest BCUT2D eigenvalue weighted by molar-refractivity contribution is -0.141. The molecule has 0 saturated carbocycles. The van der Waals surface area contributed by atoms with Gasteiger partial charge in [0, 0.05) is 23.2 Å². The number of carbonyl (C=O) groups is 2. The quantitative estimate of drug-likeness (QED) is 0.250. The predicted octanol–water partition coefficient (Wildman–Crippen LogP) is 2.73. The van der Waals surface area contributed by atoms with Crippen LogP contribution < -0.4 is 10.6 Å². The average Bonchev–Trinajstić information content (AvgIpc) is 3.19. The summed E-state index contributed by atoms with van der Waals surface area (Å²) < 4.78 is 79.5. The van der Waals surface area contributed by atoms with Gasteiger partial charge in [-0.15, -0.1) is 0 Å². The zero-order chi connectivity index (χ0) is 30.4. The average molecular weight is 594 g/mol. The molecule has 1 aliphatic carbocycles. The Bertz CT molecular complexity index is 1540. The number of ether oxygens (including phenoxy) is 2. The standard InChI is InChI=1S/C27H23F5N4O6/c1-41-25(40)13-3-5-15-14-4-2-12(6-16(14)26(28,29)17(15)7-13)24(39)34-8-19-23(38)22(37)18(11-42-19)35-21-10-33-9-20(36-21)27(30,31)32/h2-7,9-10,18-19,22-23,37-38H,8,11H2,1H3,(H,34,39)(H,35,36)/t18-,19+,22+,23-/m0/s1. The normalized spacial score (nSPS) is 22.6. The van der Waals surface area contributed by atoms with Crippen LogP contribution in [0.2, 0.25) is 0 Å². The largest absolute Gasteiger partial charge is 0.465 e. The number of rotatable bonds is 6. The molecule has 4 atom stereocenters. The third-order valence-electron chi connectivity index (χ3n) is 7.04. The van der Waals surface area contributed by atoms with Crippen molar-refractivity contribution in [3.05, 3.63) is 76.7 Å². The number of carbonyl (C=O) groups excluding carboxylic acids is 2. The van der Waals surface area contributed by atoms with Crippen LogP contribution in [0.25, 0.3) is 11.1 Å². The number of aromatic nitrogens is 2. The Balaban J connectivity index is 1.23. The summed E-state index contributed by atoms with van der Waals surface area (Å²) in [6.07, 6.45) is -7.40. The highest BCUT2D eigenvalue weighted by atomic mass is 19.4. The van der Waals surface area contributed by atoms with E-state index in [-0.39, 0.29) is 41.2 Å². The second kappa shape index (κ2) is 10.9. The van der Waals surface area contributed by atoms with Crippen LogP contribution in [0.4, 0.5) is 27.8 Å². The molecule has 0 unspecified atom stereocenters. The van der Waals surface area contributed by atoms with Crippen molar-refractivity contribution in [1.29, 1.82) is 0 Å². The lowest BCUT2D eigenvalue weighted by atomic mass is 9.97. The SMILES string of the molecule is COC(=O)c1ccc2c(c1)C(F)(F)c1cc(C(=O)NC[C@H]3OC[C@H](Nc4cncc(C(F)(F)F)n4)[C@@H](O)[C@H]3O)ccc1-2. The zero-order valence-corrected chi connectivity index (χ0v) is 21.7. The van der Waals surface area contributed by atoms with Crippen LogP contribution in [-0.2, 0) is 21.6 Å². The Hall–Kier alpha value is -4.21. The third kappa shape index (κ3) is 5.37. The molecule has 1 fully saturated rings. The first-order chi connectivity index (χ1) is 19.8. The number of nitrogens with one attached hydrogen (secondary N) is 2. The Morgan fingerprint density at radius 1 is 1.05 bits per heavy atom. The van der Waals surface area contributed by atoms with Gasteiger partial charge in [0.25, 0.3) is 11.8 Å². The number of alkyl halides is 5. The molecule has 10 nitrogen and oxygen atoms in total. The van der Waals surface area contributed by atoms with E-state index in [1.54, 1.807) is 0 Å². The fourth-order valence-electron chi connectivity index (χ4n) is 4.86. The Labute approximate surface area is 234 Å². The maximum Gasteiger partial charge on any atom is 0.434 e. The van der Waals surface area contributed by atoms with Crippen LogP contribution in [-0.4, -0.2) is 76.7 Å². The van der Waals surface area contributed by atoms with E-state index in [9.17, 15) is 33.0 Å². The van der Waals surface area contributed by atoms with Crippen molar-refractivity contribution in [1.82, 2.24) is 15.3 Å². The Morgan fingerprint density at radius 2 is 1.69 bits per heavy atom. The molecular weight excluding hydrogens is 571 g/mol. The molecule has 3 aromatic rings. The zero-order valence-electron chi connectivity index (χ0n) is 21.7. The van der Waals surface area contributed by atoms with E-state index in [1.165, 1.54) is 24.3 Å². The lowest BCUT2D eigenvalue weighted by Crippen LogP contribution is -2.58. The molecule has 1 aromatic heterocycles. The summed E-state index contributed by atoms with van der Waals surface area (Å²) in [6.45, 7) is -0.586. The van der Waals surface area contributed by atoms with Gasteiger partial charge >= 0.3 is 12.1 Å². The van der Waals surface area contributed by atoms with Gasteiger partial charge in [0.2, 0.25) is 0 Å². The molecule has 1 amide bonds. The van der Waals surface area contributed by atoms with Gasteiger partial charge < -0.3 is 30.3 Å². The molecule has 222 valence electrons. The van der Waals surface area contributed by atoms with Gasteiger partial charge in [-0.25, -0.2) is 9.78 Å². The number of amides is 1. The number of esters is 1. The monoisotopic (exact) mass is 594 g/mol. The number of benzene rings is 2. The summed E-state index contributed by atoms with van der Waals surface area (Å²) in [5, 5.41) is 26.0. The highest BCUT2D eigenvalue weighted by Crippen LogP contribution is 2.51. The molecule has 15 heteroatoms. The summed E-state index contributed by atoms with van der Waals surface area (Å²) in [7, 11) is 1.14. The van der Waals surface area contributed by atoms with Gasteiger partial charge in [-0.3, -0.25) is 9.78 Å². The van der Waals surface area contributed by atoms with Gasteiger partial charge in [-0.05, 0) is 35.4 Å². The first kappa shape index (κ1) is 29.3. The van der Waals surface area contributed by atoms with Crippen LogP contribution in [0.5, 0.6) is 0 Å². The minimum absolute atomic E-state index is 0.0462. The molecule has 0 bridgehead atoms. The van der Waals surface area contributed by atoms with Gasteiger partial charge in [-0.2, -0.15) is 22.0 Å². The maximum atomic E-state index is 15.3. The minimum Gasteiger partial charge on any atom is -0.465 e. The van der Waals surface area contributed by atoms with Crippen molar-refractivity contribution < 1.29 is 51.2 Å². The van der Waals surface area contributed by atoms with Crippen molar-refractivity contribution in [2.75, 3.05) is 25.6 Å². The van der Waals surface area contributed by atoms with E-state index in [2.05, 4.69) is 25.3 Å². The number of fused-ring (bicyclic) bond motifs is 3. The topological polar surface area (TPSA) is 143 Å². The summed E-state index contributed by atoms with van der Waals surface area (Å²) >= 11 is 0. The van der Waals surface area contributed by atoms with Gasteiger partial charge in [-0.1, -0.05) is 12.1 Å². The number of anilines is 1. The summed E-state index contributed by atoms with van der Waals surface area (Å²) in [4.78, 5) is 31.5. The molecule has 5 rings (SSSR count). The first-order valence-corrected chi connectivity index (χ1v) is 12.5. The van der Waals surface area contributed by atoms with E-state index in [1.807, 2.05) is 0 Å². The van der Waals surface area contributed by atoms with Crippen molar-refractivity contribution in [2.45, 2.75) is 36.5 Å². The van der Waals surface area contributed by atoms with Gasteiger partial charge in [0.05, 0.1) is 37.7 Å². The fourth-order valence-corrected chi connectivity index (χ4v) is 4.86. The molecule has 0 spiro atoms. The summed E-state index contributed by atoms with van der Waals surface area (Å²) in [5.74, 6) is -5.32. The molecule has 42 heavy (non-hydrogen) atoms. The molecule has 4 N–H and O–H groups in total. The fraction of sp³-hybridized carbons (Fsp3) is 0.333. The van der Waals surface area contributed by atoms with Crippen molar-refractivity contribution in [3.63, 3.8) is 0 Å². The molecule has 0 radical (unpaired) electrons.